The topological polar surface area (TPSA) is 79.4 Å². The molecule has 0 aliphatic heterocycles. The average molecular weight is 318 g/mol. The largest absolute Gasteiger partial charge is 0.360 e. The number of aromatic nitrogens is 4. The van der Waals surface area contributed by atoms with Gasteiger partial charge in [-0.3, -0.25) is 0 Å². The minimum Gasteiger partial charge on any atom is -0.360 e. The van der Waals surface area contributed by atoms with Crippen LogP contribution in [0.3, 0.4) is 0 Å². The molecule has 6 heteroatoms. The molecule has 0 saturated heterocycles. The van der Waals surface area contributed by atoms with Crippen LogP contribution in [-0.2, 0) is 6.54 Å². The molecule has 24 heavy (non-hydrogen) atoms. The van der Waals surface area contributed by atoms with Gasteiger partial charge in [0.25, 0.3) is 0 Å². The molecule has 6 nitrogen and oxygen atoms in total. The summed E-state index contributed by atoms with van der Waals surface area (Å²) in [5.74, 6) is 1.50. The minimum atomic E-state index is 0.523. The number of benzene rings is 1. The number of imidazole rings is 1. The molecule has 1 aliphatic rings. The van der Waals surface area contributed by atoms with Crippen molar-refractivity contribution < 1.29 is 0 Å². The van der Waals surface area contributed by atoms with E-state index in [-0.39, 0.29) is 0 Å². The molecule has 2 heterocycles. The molecule has 0 amide bonds. The Kier molecular flexibility index (Phi) is 3.42. The van der Waals surface area contributed by atoms with Crippen molar-refractivity contribution in [1.29, 1.82) is 5.26 Å². The highest BCUT2D eigenvalue weighted by molar-refractivity contribution is 5.76. The van der Waals surface area contributed by atoms with Crippen molar-refractivity contribution in [3.05, 3.63) is 46.9 Å². The summed E-state index contributed by atoms with van der Waals surface area (Å²) >= 11 is 0. The third kappa shape index (κ3) is 2.38. The van der Waals surface area contributed by atoms with E-state index in [2.05, 4.69) is 32.2 Å². The van der Waals surface area contributed by atoms with Crippen molar-refractivity contribution >= 4 is 16.9 Å². The Bertz CT molecular complexity index is 962. The number of nitrogens with zero attached hydrogens (tertiary/aromatic N) is 5. The summed E-state index contributed by atoms with van der Waals surface area (Å²) in [6.07, 6.45) is 2.39. The zero-order valence-corrected chi connectivity index (χ0v) is 13.7. The standard InChI is InChI=1S/C18H18N6/c1-11-12(2)22-23-18(14(11)9-19)20-10-17-21-15-5-3-4-6-16(15)24(17)13-7-8-13/h3-6,13H,7-8,10H2,1-2H3,(H,20,23). The zero-order chi connectivity index (χ0) is 16.7. The summed E-state index contributed by atoms with van der Waals surface area (Å²) in [6.45, 7) is 4.28. The van der Waals surface area contributed by atoms with Gasteiger partial charge in [0, 0.05) is 6.04 Å². The Balaban J connectivity index is 1.68. The fourth-order valence-electron chi connectivity index (χ4n) is 2.99. The molecule has 0 atom stereocenters. The minimum absolute atomic E-state index is 0.523. The van der Waals surface area contributed by atoms with E-state index in [1.165, 1.54) is 18.4 Å². The lowest BCUT2D eigenvalue weighted by molar-refractivity contribution is 0.709. The zero-order valence-electron chi connectivity index (χ0n) is 13.7. The van der Waals surface area contributed by atoms with Gasteiger partial charge < -0.3 is 9.88 Å². The molecule has 4 rings (SSSR count). The van der Waals surface area contributed by atoms with Crippen LogP contribution in [0.4, 0.5) is 5.82 Å². The molecule has 1 saturated carbocycles. The lowest BCUT2D eigenvalue weighted by Gasteiger charge is -2.11. The molecular weight excluding hydrogens is 300 g/mol. The van der Waals surface area contributed by atoms with Crippen molar-refractivity contribution in [1.82, 2.24) is 19.7 Å². The van der Waals surface area contributed by atoms with Crippen LogP contribution >= 0.6 is 0 Å². The maximum absolute atomic E-state index is 9.41. The predicted molar refractivity (Wildman–Crippen MR) is 91.6 cm³/mol. The summed E-state index contributed by atoms with van der Waals surface area (Å²) in [4.78, 5) is 4.75. The second-order valence-electron chi connectivity index (χ2n) is 6.22. The van der Waals surface area contributed by atoms with Crippen molar-refractivity contribution in [2.75, 3.05) is 5.32 Å². The highest BCUT2D eigenvalue weighted by Crippen LogP contribution is 2.38. The molecule has 1 N–H and O–H groups in total. The summed E-state index contributed by atoms with van der Waals surface area (Å²) in [5, 5.41) is 20.9. The second kappa shape index (κ2) is 5.60. The molecule has 2 aromatic heterocycles. The first-order valence-electron chi connectivity index (χ1n) is 8.12. The highest BCUT2D eigenvalue weighted by atomic mass is 15.2. The third-order valence-electron chi connectivity index (χ3n) is 4.56. The van der Waals surface area contributed by atoms with Crippen molar-refractivity contribution in [2.45, 2.75) is 39.3 Å². The van der Waals surface area contributed by atoms with Crippen molar-refractivity contribution in [3.8, 4) is 6.07 Å². The number of nitrogens with one attached hydrogen (secondary N) is 1. The molecular formula is C18H18N6. The number of anilines is 1. The fraction of sp³-hybridized carbons (Fsp3) is 0.333. The van der Waals surface area contributed by atoms with Crippen LogP contribution in [0, 0.1) is 25.2 Å². The number of hydrogen-bond donors (Lipinski definition) is 1. The van der Waals surface area contributed by atoms with Crippen LogP contribution in [0.1, 0.15) is 41.5 Å². The van der Waals surface area contributed by atoms with Crippen LogP contribution in [0.15, 0.2) is 24.3 Å². The average Bonchev–Trinajstić information content (AvgIpc) is 3.36. The van der Waals surface area contributed by atoms with Crippen LogP contribution in [-0.4, -0.2) is 19.7 Å². The smallest absolute Gasteiger partial charge is 0.167 e. The molecule has 0 radical (unpaired) electrons. The Hall–Kier alpha value is -2.94. The molecule has 1 aromatic carbocycles. The van der Waals surface area contributed by atoms with Gasteiger partial charge in [0.1, 0.15) is 17.5 Å². The van der Waals surface area contributed by atoms with Crippen molar-refractivity contribution in [2.24, 2.45) is 0 Å². The normalized spacial score (nSPS) is 13.9. The van der Waals surface area contributed by atoms with E-state index in [4.69, 9.17) is 4.98 Å². The van der Waals surface area contributed by atoms with E-state index in [0.717, 1.165) is 22.6 Å². The van der Waals surface area contributed by atoms with Gasteiger partial charge in [0.15, 0.2) is 5.82 Å². The van der Waals surface area contributed by atoms with Crippen LogP contribution < -0.4 is 5.32 Å². The van der Waals surface area contributed by atoms with Gasteiger partial charge >= 0.3 is 0 Å². The van der Waals surface area contributed by atoms with E-state index in [1.807, 2.05) is 32.0 Å². The first-order valence-corrected chi connectivity index (χ1v) is 8.12. The number of para-hydroxylation sites is 2. The Morgan fingerprint density at radius 2 is 2.04 bits per heavy atom. The van der Waals surface area contributed by atoms with Crippen molar-refractivity contribution in [3.63, 3.8) is 0 Å². The lowest BCUT2D eigenvalue weighted by atomic mass is 10.1. The van der Waals surface area contributed by atoms with Crippen LogP contribution in [0.2, 0.25) is 0 Å². The summed E-state index contributed by atoms with van der Waals surface area (Å²) in [5.41, 5.74) is 4.38. The Morgan fingerprint density at radius 1 is 1.25 bits per heavy atom. The van der Waals surface area contributed by atoms with E-state index < -0.39 is 0 Å². The monoisotopic (exact) mass is 318 g/mol. The van der Waals surface area contributed by atoms with Gasteiger partial charge in [-0.05, 0) is 44.4 Å². The van der Waals surface area contributed by atoms with Gasteiger partial charge in [-0.15, -0.1) is 5.10 Å². The molecule has 1 aliphatic carbocycles. The van der Waals surface area contributed by atoms with E-state index in [1.54, 1.807) is 0 Å². The highest BCUT2D eigenvalue weighted by Gasteiger charge is 2.28. The second-order valence-corrected chi connectivity index (χ2v) is 6.22. The Morgan fingerprint density at radius 3 is 2.79 bits per heavy atom. The maximum Gasteiger partial charge on any atom is 0.167 e. The first kappa shape index (κ1) is 14.6. The first-order chi connectivity index (χ1) is 11.7. The van der Waals surface area contributed by atoms with Gasteiger partial charge in [-0.1, -0.05) is 12.1 Å². The number of aryl methyl sites for hydroxylation is 1. The molecule has 0 spiro atoms. The fourth-order valence-corrected chi connectivity index (χ4v) is 2.99. The van der Waals surface area contributed by atoms with Gasteiger partial charge in [0.2, 0.25) is 0 Å². The number of hydrogen-bond acceptors (Lipinski definition) is 5. The quantitative estimate of drug-likeness (QED) is 0.798. The molecule has 1 fully saturated rings. The number of rotatable bonds is 4. The van der Waals surface area contributed by atoms with Crippen LogP contribution in [0.25, 0.3) is 11.0 Å². The summed E-state index contributed by atoms with van der Waals surface area (Å²) in [6, 6.07) is 11.0. The lowest BCUT2D eigenvalue weighted by Crippen LogP contribution is -2.11. The molecule has 120 valence electrons. The van der Waals surface area contributed by atoms with E-state index in [9.17, 15) is 5.26 Å². The molecule has 0 bridgehead atoms. The van der Waals surface area contributed by atoms with Crippen LogP contribution in [0.5, 0.6) is 0 Å². The Labute approximate surface area is 140 Å². The number of fused-ring (bicyclic) bond motifs is 1. The SMILES string of the molecule is Cc1nnc(NCc2nc3ccccc3n2C2CC2)c(C#N)c1C. The molecule has 3 aromatic rings. The van der Waals surface area contributed by atoms with E-state index in [0.29, 0.717) is 24.0 Å². The van der Waals surface area contributed by atoms with E-state index >= 15 is 0 Å². The summed E-state index contributed by atoms with van der Waals surface area (Å²) < 4.78 is 2.31. The third-order valence-corrected chi connectivity index (χ3v) is 4.56. The number of nitriles is 1. The molecule has 0 unspecified atom stereocenters. The predicted octanol–water partition coefficient (Wildman–Crippen LogP) is 3.26. The van der Waals surface area contributed by atoms with Gasteiger partial charge in [-0.25, -0.2) is 4.98 Å². The summed E-state index contributed by atoms with van der Waals surface area (Å²) in [7, 11) is 0. The van der Waals surface area contributed by atoms with Gasteiger partial charge in [0.05, 0.1) is 23.3 Å². The maximum atomic E-state index is 9.41. The van der Waals surface area contributed by atoms with Gasteiger partial charge in [-0.2, -0.15) is 10.4 Å².